The second-order valence-electron chi connectivity index (χ2n) is 4.19. The second-order valence-corrected chi connectivity index (χ2v) is 5.54. The lowest BCUT2D eigenvalue weighted by molar-refractivity contribution is -0.384. The fourth-order valence-electron chi connectivity index (χ4n) is 1.83. The van der Waals surface area contributed by atoms with Gasteiger partial charge in [0.05, 0.1) is 21.2 Å². The Morgan fingerprint density at radius 1 is 1.38 bits per heavy atom. The molecule has 6 heteroatoms. The van der Waals surface area contributed by atoms with E-state index < -0.39 is 4.92 Å². The predicted molar refractivity (Wildman–Crippen MR) is 89.5 cm³/mol. The van der Waals surface area contributed by atoms with Gasteiger partial charge in [-0.3, -0.25) is 10.1 Å². The molecule has 2 aromatic rings. The molecule has 0 aliphatic heterocycles. The first-order valence-electron chi connectivity index (χ1n) is 6.26. The highest BCUT2D eigenvalue weighted by molar-refractivity contribution is 8.10. The van der Waals surface area contributed by atoms with Gasteiger partial charge in [-0.25, -0.2) is 4.98 Å². The van der Waals surface area contributed by atoms with Gasteiger partial charge in [0.2, 0.25) is 0 Å². The van der Waals surface area contributed by atoms with Gasteiger partial charge in [-0.05, 0) is 31.4 Å². The number of hydrogen-bond donors (Lipinski definition) is 0. The molecule has 0 N–H and O–H groups in total. The number of pyridine rings is 1. The van der Waals surface area contributed by atoms with Gasteiger partial charge in [-0.15, -0.1) is 0 Å². The van der Waals surface area contributed by atoms with Crippen LogP contribution in [-0.2, 0) is 0 Å². The highest BCUT2D eigenvalue weighted by Gasteiger charge is 2.12. The Bertz CT molecular complexity index is 757. The second kappa shape index (κ2) is 6.74. The highest BCUT2D eigenvalue weighted by Crippen LogP contribution is 2.33. The first-order valence-corrected chi connectivity index (χ1v) is 7.51. The predicted octanol–water partition coefficient (Wildman–Crippen LogP) is 5.42. The van der Waals surface area contributed by atoms with Crippen molar-refractivity contribution in [2.45, 2.75) is 13.8 Å². The first kappa shape index (κ1) is 15.5. The van der Waals surface area contributed by atoms with Crippen LogP contribution in [0.15, 0.2) is 41.8 Å². The van der Waals surface area contributed by atoms with Crippen molar-refractivity contribution in [3.05, 3.63) is 62.7 Å². The molecule has 0 aliphatic rings. The minimum atomic E-state index is -0.442. The maximum absolute atomic E-state index is 10.8. The van der Waals surface area contributed by atoms with E-state index in [0.717, 1.165) is 10.6 Å². The Morgan fingerprint density at radius 2 is 2.14 bits per heavy atom. The number of nitrogens with zero attached hydrogens (tertiary/aromatic N) is 2. The summed E-state index contributed by atoms with van der Waals surface area (Å²) in [4.78, 5) is 15.9. The Morgan fingerprint density at radius 3 is 2.76 bits per heavy atom. The molecule has 0 saturated heterocycles. The minimum Gasteiger partial charge on any atom is -0.258 e. The lowest BCUT2D eigenvalue weighted by atomic mass is 10.1. The number of benzene rings is 1. The Kier molecular flexibility index (Phi) is 4.98. The van der Waals surface area contributed by atoms with Crippen LogP contribution in [0.2, 0.25) is 5.02 Å². The number of rotatable bonds is 4. The molecule has 21 heavy (non-hydrogen) atoms. The van der Waals surface area contributed by atoms with Gasteiger partial charge in [0.15, 0.2) is 0 Å². The average Bonchev–Trinajstić information content (AvgIpc) is 2.47. The smallest absolute Gasteiger partial charge is 0.258 e. The zero-order chi connectivity index (χ0) is 15.4. The summed E-state index contributed by atoms with van der Waals surface area (Å²) in [6, 6.07) is 6.24. The van der Waals surface area contributed by atoms with Crippen molar-refractivity contribution in [3.8, 4) is 0 Å². The molecule has 0 saturated carbocycles. The lowest BCUT2D eigenvalue weighted by Gasteiger charge is -2.07. The summed E-state index contributed by atoms with van der Waals surface area (Å²) in [7, 11) is 0. The lowest BCUT2D eigenvalue weighted by Crippen LogP contribution is -1.92. The van der Waals surface area contributed by atoms with Gasteiger partial charge in [-0.2, -0.15) is 0 Å². The van der Waals surface area contributed by atoms with Crippen LogP contribution in [0, 0.1) is 10.1 Å². The molecule has 108 valence electrons. The number of halogens is 1. The van der Waals surface area contributed by atoms with Crippen LogP contribution < -0.4 is 0 Å². The third-order valence-electron chi connectivity index (χ3n) is 2.80. The van der Waals surface area contributed by atoms with E-state index in [2.05, 4.69) is 4.98 Å². The third-order valence-corrected chi connectivity index (χ3v) is 4.22. The van der Waals surface area contributed by atoms with Crippen molar-refractivity contribution in [3.63, 3.8) is 0 Å². The summed E-state index contributed by atoms with van der Waals surface area (Å²) in [5.41, 5.74) is 1.41. The molecule has 0 unspecified atom stereocenters. The van der Waals surface area contributed by atoms with Crippen molar-refractivity contribution in [1.82, 2.24) is 4.98 Å². The number of nitro benzene ring substituents is 1. The fourth-order valence-corrected chi connectivity index (χ4v) is 2.73. The van der Waals surface area contributed by atoms with Gasteiger partial charge in [-0.1, -0.05) is 35.5 Å². The van der Waals surface area contributed by atoms with Crippen LogP contribution in [0.1, 0.15) is 19.5 Å². The van der Waals surface area contributed by atoms with Gasteiger partial charge in [0.1, 0.15) is 0 Å². The molecule has 2 rings (SSSR count). The maximum Gasteiger partial charge on any atom is 0.270 e. The molecule has 1 heterocycles. The number of hydrogen-bond acceptors (Lipinski definition) is 4. The zero-order valence-corrected chi connectivity index (χ0v) is 13.1. The van der Waals surface area contributed by atoms with Crippen LogP contribution in [-0.4, -0.2) is 9.91 Å². The topological polar surface area (TPSA) is 56.0 Å². The molecular formula is C15H13ClN2O2S. The van der Waals surface area contributed by atoms with Crippen molar-refractivity contribution >= 4 is 44.9 Å². The molecule has 0 radical (unpaired) electrons. The van der Waals surface area contributed by atoms with E-state index >= 15 is 0 Å². The van der Waals surface area contributed by atoms with Crippen LogP contribution in [0.4, 0.5) is 5.69 Å². The van der Waals surface area contributed by atoms with E-state index in [-0.39, 0.29) is 5.69 Å². The van der Waals surface area contributed by atoms with Crippen LogP contribution in [0.3, 0.4) is 0 Å². The van der Waals surface area contributed by atoms with Gasteiger partial charge in [0.25, 0.3) is 5.69 Å². The summed E-state index contributed by atoms with van der Waals surface area (Å²) in [6.07, 6.45) is 3.90. The van der Waals surface area contributed by atoms with Crippen LogP contribution in [0.5, 0.6) is 0 Å². The molecule has 0 aliphatic carbocycles. The first-order chi connectivity index (χ1) is 10.1. The normalized spacial score (nSPS) is 12.2. The Balaban J connectivity index is 2.55. The molecule has 0 spiro atoms. The quantitative estimate of drug-likeness (QED) is 0.557. The standard InChI is InChI=1S/C15H13ClN2O2S/c1-3-7-21-15(4-2)14-9-12(16)11-8-10(18(19)20)5-6-13(11)17-14/h3-9H,1-2H3/b7-3-,15-4-. The summed E-state index contributed by atoms with van der Waals surface area (Å²) in [5, 5.41) is 13.8. The van der Waals surface area contributed by atoms with Crippen molar-refractivity contribution in [1.29, 1.82) is 0 Å². The van der Waals surface area contributed by atoms with Gasteiger partial charge < -0.3 is 0 Å². The molecule has 4 nitrogen and oxygen atoms in total. The van der Waals surface area contributed by atoms with Crippen LogP contribution in [0.25, 0.3) is 15.8 Å². The molecule has 0 atom stereocenters. The summed E-state index contributed by atoms with van der Waals surface area (Å²) in [5.74, 6) is 0. The molecule has 0 fully saturated rings. The largest absolute Gasteiger partial charge is 0.270 e. The molecular weight excluding hydrogens is 308 g/mol. The van der Waals surface area contributed by atoms with E-state index in [9.17, 15) is 10.1 Å². The van der Waals surface area contributed by atoms with E-state index in [1.54, 1.807) is 23.9 Å². The van der Waals surface area contributed by atoms with E-state index in [0.29, 0.717) is 15.9 Å². The number of allylic oxidation sites excluding steroid dienone is 2. The van der Waals surface area contributed by atoms with Gasteiger partial charge in [0, 0.05) is 22.4 Å². The fraction of sp³-hybridized carbons (Fsp3) is 0.133. The van der Waals surface area contributed by atoms with E-state index in [4.69, 9.17) is 11.6 Å². The summed E-state index contributed by atoms with van der Waals surface area (Å²) < 4.78 is 0. The average molecular weight is 321 g/mol. The molecule has 0 bridgehead atoms. The molecule has 0 amide bonds. The minimum absolute atomic E-state index is 0.00787. The third kappa shape index (κ3) is 3.43. The Hall–Kier alpha value is -1.85. The monoisotopic (exact) mass is 320 g/mol. The van der Waals surface area contributed by atoms with Crippen molar-refractivity contribution in [2.75, 3.05) is 0 Å². The highest BCUT2D eigenvalue weighted by atomic mass is 35.5. The van der Waals surface area contributed by atoms with Crippen molar-refractivity contribution < 1.29 is 4.92 Å². The van der Waals surface area contributed by atoms with Crippen molar-refractivity contribution in [2.24, 2.45) is 0 Å². The van der Waals surface area contributed by atoms with Crippen LogP contribution >= 0.6 is 23.4 Å². The number of aromatic nitrogens is 1. The SMILES string of the molecule is C/C=C\S/C(=C\C)c1cc(Cl)c2cc([N+](=O)[O-])ccc2n1. The molecule has 1 aromatic carbocycles. The molecule has 1 aromatic heterocycles. The number of fused-ring (bicyclic) bond motifs is 1. The van der Waals surface area contributed by atoms with E-state index in [1.807, 2.05) is 31.4 Å². The van der Waals surface area contributed by atoms with Gasteiger partial charge >= 0.3 is 0 Å². The number of non-ortho nitro benzene ring substituents is 1. The Labute approximate surface area is 131 Å². The number of nitro groups is 1. The summed E-state index contributed by atoms with van der Waals surface area (Å²) >= 11 is 7.81. The summed E-state index contributed by atoms with van der Waals surface area (Å²) in [6.45, 7) is 3.88. The zero-order valence-electron chi connectivity index (χ0n) is 11.5. The van der Waals surface area contributed by atoms with E-state index in [1.165, 1.54) is 12.1 Å². The maximum atomic E-state index is 10.8. The number of thioether (sulfide) groups is 1.